The number of benzene rings is 3. The van der Waals surface area contributed by atoms with Crippen molar-refractivity contribution in [3.8, 4) is 16.9 Å². The van der Waals surface area contributed by atoms with Gasteiger partial charge in [-0.25, -0.2) is 0 Å². The van der Waals surface area contributed by atoms with Crippen LogP contribution in [0, 0.1) is 0 Å². The Morgan fingerprint density at radius 3 is 2.34 bits per heavy atom. The summed E-state index contributed by atoms with van der Waals surface area (Å²) in [5, 5.41) is 3.37. The Kier molecular flexibility index (Phi) is 8.71. The zero-order valence-electron chi connectivity index (χ0n) is 21.2. The van der Waals surface area contributed by atoms with Crippen LogP contribution in [0.25, 0.3) is 11.1 Å². The Hall–Kier alpha value is -3.81. The van der Waals surface area contributed by atoms with Crippen molar-refractivity contribution in [1.29, 1.82) is 0 Å². The summed E-state index contributed by atoms with van der Waals surface area (Å²) in [5.41, 5.74) is 2.44. The van der Waals surface area contributed by atoms with Crippen LogP contribution in [-0.2, 0) is 11.2 Å². The third-order valence-electron chi connectivity index (χ3n) is 6.18. The Labute approximate surface area is 230 Å². The Bertz CT molecular complexity index is 1520. The molecule has 1 atom stereocenters. The number of ether oxygens (including phenoxy) is 1. The summed E-state index contributed by atoms with van der Waals surface area (Å²) in [4.78, 5) is 40.5. The first-order chi connectivity index (χ1) is 18.3. The molecule has 0 spiro atoms. The van der Waals surface area contributed by atoms with Crippen molar-refractivity contribution in [3.05, 3.63) is 112 Å². The zero-order chi connectivity index (χ0) is 27.2. The van der Waals surface area contributed by atoms with E-state index in [9.17, 15) is 14.4 Å². The lowest BCUT2D eigenvalue weighted by Crippen LogP contribution is -2.34. The van der Waals surface area contributed by atoms with Gasteiger partial charge in [-0.15, -0.1) is 11.8 Å². The highest BCUT2D eigenvalue weighted by atomic mass is 35.5. The number of aromatic nitrogens is 1. The van der Waals surface area contributed by atoms with Crippen molar-refractivity contribution >= 4 is 40.7 Å². The molecule has 1 N–H and O–H groups in total. The molecule has 0 aliphatic carbocycles. The van der Waals surface area contributed by atoms with Crippen molar-refractivity contribution in [1.82, 2.24) is 4.57 Å². The maximum absolute atomic E-state index is 13.6. The largest absolute Gasteiger partial charge is 0.495 e. The summed E-state index contributed by atoms with van der Waals surface area (Å²) in [6.45, 7) is 1.45. The molecule has 3 aromatic carbocycles. The van der Waals surface area contributed by atoms with Gasteiger partial charge < -0.3 is 10.1 Å². The molecular weight excluding hydrogens is 520 g/mol. The molecule has 1 heterocycles. The molecule has 0 saturated heterocycles. The summed E-state index contributed by atoms with van der Waals surface area (Å²) in [6.07, 6.45) is 3.79. The first-order valence-corrected chi connectivity index (χ1v) is 13.5. The van der Waals surface area contributed by atoms with Crippen molar-refractivity contribution in [2.24, 2.45) is 0 Å². The molecule has 0 radical (unpaired) electrons. The molecule has 1 amide bonds. The number of carbonyl (C=O) groups is 2. The number of hydrogen-bond donors (Lipinski definition) is 1. The molecule has 38 heavy (non-hydrogen) atoms. The minimum absolute atomic E-state index is 0.170. The predicted molar refractivity (Wildman–Crippen MR) is 154 cm³/mol. The van der Waals surface area contributed by atoms with Crippen LogP contribution in [-0.4, -0.2) is 29.6 Å². The molecule has 8 heteroatoms. The molecule has 6 nitrogen and oxygen atoms in total. The van der Waals surface area contributed by atoms with Gasteiger partial charge in [-0.1, -0.05) is 41.9 Å². The number of carbonyl (C=O) groups excluding carboxylic acids is 2. The van der Waals surface area contributed by atoms with Crippen LogP contribution in [0.1, 0.15) is 28.9 Å². The van der Waals surface area contributed by atoms with Gasteiger partial charge in [-0.05, 0) is 66.8 Å². The van der Waals surface area contributed by atoms with E-state index in [0.29, 0.717) is 33.1 Å². The molecule has 0 fully saturated rings. The van der Waals surface area contributed by atoms with E-state index in [1.54, 1.807) is 30.0 Å². The monoisotopic (exact) mass is 546 g/mol. The number of thioether (sulfide) groups is 1. The molecular formula is C30H27ClN2O4S. The lowest BCUT2D eigenvalue weighted by atomic mass is 9.97. The van der Waals surface area contributed by atoms with E-state index < -0.39 is 11.6 Å². The fourth-order valence-electron chi connectivity index (χ4n) is 4.25. The lowest BCUT2D eigenvalue weighted by Gasteiger charge is -2.22. The average Bonchev–Trinajstić information content (AvgIpc) is 2.92. The highest BCUT2D eigenvalue weighted by Crippen LogP contribution is 2.34. The highest BCUT2D eigenvalue weighted by Gasteiger charge is 2.25. The fourth-order valence-corrected chi connectivity index (χ4v) is 4.83. The van der Waals surface area contributed by atoms with E-state index in [4.69, 9.17) is 16.3 Å². The quantitative estimate of drug-likeness (QED) is 0.191. The number of rotatable bonds is 9. The van der Waals surface area contributed by atoms with E-state index in [1.165, 1.54) is 30.9 Å². The number of nitrogens with one attached hydrogen (secondary N) is 1. The zero-order valence-corrected chi connectivity index (χ0v) is 22.8. The number of hydrogen-bond acceptors (Lipinski definition) is 5. The number of methoxy groups -OCH3 is 1. The lowest BCUT2D eigenvalue weighted by molar-refractivity contribution is -0.119. The number of Topliss-reactive ketones (excluding diaryl/α,β-unsaturated/α-hetero) is 1. The van der Waals surface area contributed by atoms with Crippen molar-refractivity contribution in [2.45, 2.75) is 24.3 Å². The third-order valence-corrected chi connectivity index (χ3v) is 7.16. The molecule has 194 valence electrons. The van der Waals surface area contributed by atoms with Gasteiger partial charge >= 0.3 is 0 Å². The molecule has 0 aliphatic heterocycles. The van der Waals surface area contributed by atoms with E-state index in [-0.39, 0.29) is 18.1 Å². The van der Waals surface area contributed by atoms with E-state index in [0.717, 1.165) is 10.5 Å². The minimum Gasteiger partial charge on any atom is -0.495 e. The number of ketones is 1. The molecule has 4 rings (SSSR count). The van der Waals surface area contributed by atoms with E-state index >= 15 is 0 Å². The molecule has 1 aromatic heterocycles. The normalized spacial score (nSPS) is 11.6. The van der Waals surface area contributed by atoms with Gasteiger partial charge in [0.1, 0.15) is 11.8 Å². The van der Waals surface area contributed by atoms with Crippen molar-refractivity contribution in [3.63, 3.8) is 0 Å². The maximum atomic E-state index is 13.6. The number of nitrogens with zero attached hydrogens (tertiary/aromatic N) is 1. The first-order valence-electron chi connectivity index (χ1n) is 11.9. The van der Waals surface area contributed by atoms with E-state index in [1.807, 2.05) is 60.9 Å². The van der Waals surface area contributed by atoms with Crippen molar-refractivity contribution in [2.75, 3.05) is 18.7 Å². The van der Waals surface area contributed by atoms with Gasteiger partial charge in [-0.2, -0.15) is 0 Å². The number of halogens is 1. The first kappa shape index (κ1) is 27.2. The van der Waals surface area contributed by atoms with Crippen LogP contribution in [0.3, 0.4) is 0 Å². The summed E-state index contributed by atoms with van der Waals surface area (Å²) >= 11 is 7.84. The van der Waals surface area contributed by atoms with E-state index in [2.05, 4.69) is 5.32 Å². The number of amides is 1. The van der Waals surface area contributed by atoms with Crippen LogP contribution < -0.4 is 15.6 Å². The second kappa shape index (κ2) is 12.2. The maximum Gasteiger partial charge on any atom is 0.252 e. The summed E-state index contributed by atoms with van der Waals surface area (Å²) < 4.78 is 7.02. The Morgan fingerprint density at radius 1 is 1.00 bits per heavy atom. The SMILES string of the molecule is COc1cn(C(Cc2ccccc2)C(=O)Nc2ccc(SC)cc2)c(=O)cc1-c1cc(Cl)ccc1C(C)=O. The van der Waals surface area contributed by atoms with Gasteiger partial charge in [0.15, 0.2) is 5.78 Å². The minimum atomic E-state index is -0.861. The van der Waals surface area contributed by atoms with Gasteiger partial charge in [0.2, 0.25) is 5.91 Å². The molecule has 0 bridgehead atoms. The average molecular weight is 547 g/mol. The number of anilines is 1. The molecule has 4 aromatic rings. The highest BCUT2D eigenvalue weighted by molar-refractivity contribution is 7.98. The van der Waals surface area contributed by atoms with Crippen LogP contribution in [0.2, 0.25) is 5.02 Å². The number of pyridine rings is 1. The fraction of sp³-hybridized carbons (Fsp3) is 0.167. The van der Waals surface area contributed by atoms with Gasteiger partial charge in [-0.3, -0.25) is 19.0 Å². The van der Waals surface area contributed by atoms with Gasteiger partial charge in [0.25, 0.3) is 5.56 Å². The van der Waals surface area contributed by atoms with Gasteiger partial charge in [0.05, 0.1) is 13.3 Å². The predicted octanol–water partition coefficient (Wildman–Crippen LogP) is 6.52. The summed E-state index contributed by atoms with van der Waals surface area (Å²) in [5.74, 6) is -0.170. The second-order valence-corrected chi connectivity index (χ2v) is 9.99. The molecule has 0 aliphatic rings. The summed E-state index contributed by atoms with van der Waals surface area (Å²) in [6, 6.07) is 22.4. The topological polar surface area (TPSA) is 77.4 Å². The Balaban J connectivity index is 1.79. The van der Waals surface area contributed by atoms with Crippen LogP contribution in [0.5, 0.6) is 5.75 Å². The van der Waals surface area contributed by atoms with Crippen LogP contribution >= 0.6 is 23.4 Å². The van der Waals surface area contributed by atoms with Gasteiger partial charge in [0, 0.05) is 39.2 Å². The van der Waals surface area contributed by atoms with Crippen LogP contribution in [0.15, 0.2) is 94.7 Å². The van der Waals surface area contributed by atoms with Crippen molar-refractivity contribution < 1.29 is 14.3 Å². The second-order valence-electron chi connectivity index (χ2n) is 8.67. The smallest absolute Gasteiger partial charge is 0.252 e. The third kappa shape index (κ3) is 6.18. The van der Waals surface area contributed by atoms with Crippen LogP contribution in [0.4, 0.5) is 5.69 Å². The molecule has 0 saturated carbocycles. The Morgan fingerprint density at radius 2 is 1.71 bits per heavy atom. The standard InChI is InChI=1S/C30H27ClN2O4S/c1-19(34)24-14-9-21(31)16-25(24)26-17-29(35)33(18-28(26)37-2)27(15-20-7-5-4-6-8-20)30(36)32-22-10-12-23(38-3)13-11-22/h4-14,16-18,27H,15H2,1-3H3,(H,32,36). The molecule has 1 unspecified atom stereocenters. The summed E-state index contributed by atoms with van der Waals surface area (Å²) in [7, 11) is 1.48.